The summed E-state index contributed by atoms with van der Waals surface area (Å²) in [6, 6.07) is 6.23. The van der Waals surface area contributed by atoms with Crippen LogP contribution in [0, 0.1) is 0 Å². The quantitative estimate of drug-likeness (QED) is 0.820. The molecule has 1 rings (SSSR count). The zero-order valence-corrected chi connectivity index (χ0v) is 12.1. The molecular formula is C12H18BrNOS. The standard InChI is InChI=1S/C12H18BrNOS/c1-9(14)7-10-8-11(3-4-12(10)13)15-5-6-16-2/h3-4,8-9H,5-7,14H2,1-2H3. The maximum Gasteiger partial charge on any atom is 0.119 e. The molecule has 0 saturated heterocycles. The van der Waals surface area contributed by atoms with Gasteiger partial charge >= 0.3 is 0 Å². The SMILES string of the molecule is CSCCOc1ccc(Br)c(CC(C)N)c1. The van der Waals surface area contributed by atoms with Gasteiger partial charge in [-0.1, -0.05) is 15.9 Å². The Kier molecular flexibility index (Phi) is 6.24. The lowest BCUT2D eigenvalue weighted by Crippen LogP contribution is -2.18. The number of halogens is 1. The van der Waals surface area contributed by atoms with Gasteiger partial charge in [0.25, 0.3) is 0 Å². The highest BCUT2D eigenvalue weighted by atomic mass is 79.9. The Labute approximate surface area is 110 Å². The maximum absolute atomic E-state index is 5.80. The van der Waals surface area contributed by atoms with Gasteiger partial charge in [0.2, 0.25) is 0 Å². The zero-order chi connectivity index (χ0) is 12.0. The molecule has 2 N–H and O–H groups in total. The fourth-order valence-corrected chi connectivity index (χ4v) is 2.05. The predicted octanol–water partition coefficient (Wildman–Crippen LogP) is 3.08. The zero-order valence-electron chi connectivity index (χ0n) is 9.70. The average molecular weight is 304 g/mol. The third-order valence-electron chi connectivity index (χ3n) is 2.12. The van der Waals surface area contributed by atoms with Gasteiger partial charge in [-0.3, -0.25) is 0 Å². The van der Waals surface area contributed by atoms with Crippen LogP contribution in [-0.4, -0.2) is 24.7 Å². The van der Waals surface area contributed by atoms with Crippen LogP contribution in [0.4, 0.5) is 0 Å². The summed E-state index contributed by atoms with van der Waals surface area (Å²) in [5, 5.41) is 0. The van der Waals surface area contributed by atoms with E-state index < -0.39 is 0 Å². The van der Waals surface area contributed by atoms with Gasteiger partial charge in [0, 0.05) is 16.3 Å². The normalized spacial score (nSPS) is 12.5. The third-order valence-corrected chi connectivity index (χ3v) is 3.46. The summed E-state index contributed by atoms with van der Waals surface area (Å²) in [4.78, 5) is 0. The second kappa shape index (κ2) is 7.20. The maximum atomic E-state index is 5.80. The summed E-state index contributed by atoms with van der Waals surface area (Å²) in [6.45, 7) is 2.76. The first kappa shape index (κ1) is 13.9. The van der Waals surface area contributed by atoms with Crippen molar-refractivity contribution in [3.63, 3.8) is 0 Å². The molecular weight excluding hydrogens is 286 g/mol. The third kappa shape index (κ3) is 4.76. The Hall–Kier alpha value is -0.190. The van der Waals surface area contributed by atoms with Crippen LogP contribution in [-0.2, 0) is 6.42 Å². The average Bonchev–Trinajstić information content (AvgIpc) is 2.22. The van der Waals surface area contributed by atoms with Gasteiger partial charge in [-0.05, 0) is 43.4 Å². The summed E-state index contributed by atoms with van der Waals surface area (Å²) in [5.74, 6) is 1.94. The molecule has 0 aliphatic heterocycles. The molecule has 1 atom stereocenters. The number of rotatable bonds is 6. The number of ether oxygens (including phenoxy) is 1. The van der Waals surface area contributed by atoms with Crippen molar-refractivity contribution < 1.29 is 4.74 Å². The number of hydrogen-bond donors (Lipinski definition) is 1. The van der Waals surface area contributed by atoms with Crippen molar-refractivity contribution in [2.45, 2.75) is 19.4 Å². The molecule has 0 bridgehead atoms. The number of thioether (sulfide) groups is 1. The molecule has 4 heteroatoms. The van der Waals surface area contributed by atoms with E-state index in [2.05, 4.69) is 28.3 Å². The Morgan fingerprint density at radius 2 is 2.25 bits per heavy atom. The molecule has 0 aromatic heterocycles. The molecule has 1 unspecified atom stereocenters. The summed E-state index contributed by atoms with van der Waals surface area (Å²) in [6.07, 6.45) is 2.94. The second-order valence-corrected chi connectivity index (χ2v) is 5.62. The molecule has 2 nitrogen and oxygen atoms in total. The Balaban J connectivity index is 2.65. The molecule has 0 radical (unpaired) electrons. The molecule has 1 aromatic carbocycles. The number of benzene rings is 1. The predicted molar refractivity (Wildman–Crippen MR) is 75.4 cm³/mol. The molecule has 0 heterocycles. The van der Waals surface area contributed by atoms with Crippen molar-refractivity contribution in [3.8, 4) is 5.75 Å². The lowest BCUT2D eigenvalue weighted by molar-refractivity contribution is 0.343. The molecule has 0 spiro atoms. The largest absolute Gasteiger partial charge is 0.493 e. The van der Waals surface area contributed by atoms with Crippen LogP contribution in [0.3, 0.4) is 0 Å². The fraction of sp³-hybridized carbons (Fsp3) is 0.500. The Morgan fingerprint density at radius 3 is 2.88 bits per heavy atom. The van der Waals surface area contributed by atoms with Crippen LogP contribution in [0.15, 0.2) is 22.7 Å². The van der Waals surface area contributed by atoms with E-state index in [0.29, 0.717) is 0 Å². The molecule has 90 valence electrons. The van der Waals surface area contributed by atoms with Gasteiger partial charge in [0.15, 0.2) is 0 Å². The van der Waals surface area contributed by atoms with Crippen molar-refractivity contribution in [2.24, 2.45) is 5.73 Å². The van der Waals surface area contributed by atoms with Crippen molar-refractivity contribution in [3.05, 3.63) is 28.2 Å². The lowest BCUT2D eigenvalue weighted by Gasteiger charge is -2.11. The van der Waals surface area contributed by atoms with Crippen LogP contribution in [0.1, 0.15) is 12.5 Å². The number of nitrogens with two attached hydrogens (primary N) is 1. The first-order valence-corrected chi connectivity index (χ1v) is 7.48. The highest BCUT2D eigenvalue weighted by molar-refractivity contribution is 9.10. The minimum atomic E-state index is 0.165. The summed E-state index contributed by atoms with van der Waals surface area (Å²) >= 11 is 5.31. The topological polar surface area (TPSA) is 35.2 Å². The summed E-state index contributed by atoms with van der Waals surface area (Å²) < 4.78 is 6.74. The smallest absolute Gasteiger partial charge is 0.119 e. The Bertz CT molecular complexity index is 331. The second-order valence-electron chi connectivity index (χ2n) is 3.78. The fourth-order valence-electron chi connectivity index (χ4n) is 1.39. The van der Waals surface area contributed by atoms with E-state index in [0.717, 1.165) is 29.0 Å². The van der Waals surface area contributed by atoms with Crippen molar-refractivity contribution >= 4 is 27.7 Å². The Morgan fingerprint density at radius 1 is 1.50 bits per heavy atom. The first-order chi connectivity index (χ1) is 7.63. The molecule has 0 amide bonds. The van der Waals surface area contributed by atoms with E-state index in [1.807, 2.05) is 19.1 Å². The molecule has 0 saturated carbocycles. The molecule has 0 aliphatic carbocycles. The number of hydrogen-bond acceptors (Lipinski definition) is 3. The van der Waals surface area contributed by atoms with Gasteiger partial charge in [-0.2, -0.15) is 11.8 Å². The van der Waals surface area contributed by atoms with E-state index in [1.54, 1.807) is 11.8 Å². The van der Waals surface area contributed by atoms with Crippen LogP contribution < -0.4 is 10.5 Å². The van der Waals surface area contributed by atoms with Gasteiger partial charge in [-0.25, -0.2) is 0 Å². The minimum Gasteiger partial charge on any atom is -0.493 e. The van der Waals surface area contributed by atoms with E-state index in [-0.39, 0.29) is 6.04 Å². The van der Waals surface area contributed by atoms with Crippen molar-refractivity contribution in [1.82, 2.24) is 0 Å². The van der Waals surface area contributed by atoms with Gasteiger partial charge in [0.1, 0.15) is 5.75 Å². The van der Waals surface area contributed by atoms with Crippen LogP contribution >= 0.6 is 27.7 Å². The van der Waals surface area contributed by atoms with Crippen LogP contribution in [0.2, 0.25) is 0 Å². The van der Waals surface area contributed by atoms with Gasteiger partial charge in [-0.15, -0.1) is 0 Å². The monoisotopic (exact) mass is 303 g/mol. The van der Waals surface area contributed by atoms with Gasteiger partial charge in [0.05, 0.1) is 6.61 Å². The lowest BCUT2D eigenvalue weighted by atomic mass is 10.1. The van der Waals surface area contributed by atoms with E-state index in [1.165, 1.54) is 5.56 Å². The highest BCUT2D eigenvalue weighted by Gasteiger charge is 2.05. The van der Waals surface area contributed by atoms with Crippen LogP contribution in [0.5, 0.6) is 5.75 Å². The summed E-state index contributed by atoms with van der Waals surface area (Å²) in [7, 11) is 0. The molecule has 0 aliphatic rings. The summed E-state index contributed by atoms with van der Waals surface area (Å²) in [5.41, 5.74) is 7.01. The van der Waals surface area contributed by atoms with E-state index >= 15 is 0 Å². The molecule has 0 fully saturated rings. The molecule has 16 heavy (non-hydrogen) atoms. The molecule has 1 aromatic rings. The van der Waals surface area contributed by atoms with Crippen molar-refractivity contribution in [1.29, 1.82) is 0 Å². The van der Waals surface area contributed by atoms with E-state index in [9.17, 15) is 0 Å². The van der Waals surface area contributed by atoms with E-state index in [4.69, 9.17) is 10.5 Å². The van der Waals surface area contributed by atoms with Crippen LogP contribution in [0.25, 0.3) is 0 Å². The minimum absolute atomic E-state index is 0.165. The highest BCUT2D eigenvalue weighted by Crippen LogP contribution is 2.23. The van der Waals surface area contributed by atoms with Gasteiger partial charge < -0.3 is 10.5 Å². The first-order valence-electron chi connectivity index (χ1n) is 5.29. The van der Waals surface area contributed by atoms with Crippen molar-refractivity contribution in [2.75, 3.05) is 18.6 Å².